The molecule has 0 bridgehead atoms. The van der Waals surface area contributed by atoms with Gasteiger partial charge in [0, 0.05) is 42.1 Å². The lowest BCUT2D eigenvalue weighted by Gasteiger charge is -2.23. The van der Waals surface area contributed by atoms with Gasteiger partial charge in [-0.15, -0.1) is 0 Å². The molecule has 7 nitrogen and oxygen atoms in total. The monoisotopic (exact) mass is 494 g/mol. The Morgan fingerprint density at radius 1 is 1.00 bits per heavy atom. The fourth-order valence-electron chi connectivity index (χ4n) is 3.26. The van der Waals surface area contributed by atoms with E-state index in [4.69, 9.17) is 4.74 Å². The molecule has 3 N–H and O–H groups in total. The molecule has 1 heterocycles. The van der Waals surface area contributed by atoms with Crippen LogP contribution in [-0.2, 0) is 4.79 Å². The number of carbonyl (C=O) groups excluding carboxylic acids is 2. The summed E-state index contributed by atoms with van der Waals surface area (Å²) < 4.78 is 72.1. The van der Waals surface area contributed by atoms with Crippen molar-refractivity contribution in [3.63, 3.8) is 0 Å². The average Bonchev–Trinajstić information content (AvgIpc) is 3.62. The van der Waals surface area contributed by atoms with E-state index in [-0.39, 0.29) is 40.5 Å². The van der Waals surface area contributed by atoms with Crippen molar-refractivity contribution >= 4 is 23.4 Å². The number of benzene rings is 1. The number of rotatable bonds is 6. The maximum atomic E-state index is 14.5. The van der Waals surface area contributed by atoms with Crippen LogP contribution in [0.2, 0.25) is 0 Å². The molecule has 0 spiro atoms. The van der Waals surface area contributed by atoms with Crippen LogP contribution in [0.1, 0.15) is 19.3 Å². The van der Waals surface area contributed by atoms with E-state index in [0.717, 1.165) is 25.0 Å². The lowest BCUT2D eigenvalue weighted by molar-refractivity contribution is -0.168. The number of ether oxygens (including phenoxy) is 1. The molecule has 2 aliphatic rings. The number of nitrogens with one attached hydrogen (secondary N) is 3. The molecule has 1 aromatic carbocycles. The van der Waals surface area contributed by atoms with Crippen molar-refractivity contribution in [3.8, 4) is 11.5 Å². The summed E-state index contributed by atoms with van der Waals surface area (Å²) in [7, 11) is 0. The summed E-state index contributed by atoms with van der Waals surface area (Å²) in [6, 6.07) is 5.50. The number of alkyl halides is 3. The van der Waals surface area contributed by atoms with Gasteiger partial charge in [-0.2, -0.15) is 13.2 Å². The van der Waals surface area contributed by atoms with Crippen molar-refractivity contribution in [2.24, 2.45) is 11.8 Å². The van der Waals surface area contributed by atoms with Crippen LogP contribution < -0.4 is 20.7 Å². The number of hydrogen-bond donors (Lipinski definition) is 3. The molecule has 1 saturated carbocycles. The van der Waals surface area contributed by atoms with Crippen LogP contribution in [0.5, 0.6) is 11.5 Å². The van der Waals surface area contributed by atoms with Gasteiger partial charge in [0.1, 0.15) is 23.3 Å². The smallest absolute Gasteiger partial charge is 0.398 e. The Kier molecular flexibility index (Phi) is 6.72. The molecule has 35 heavy (non-hydrogen) atoms. The zero-order valence-electron chi connectivity index (χ0n) is 18.0. The fourth-order valence-corrected chi connectivity index (χ4v) is 3.26. The van der Waals surface area contributed by atoms with Gasteiger partial charge in [-0.1, -0.05) is 0 Å². The van der Waals surface area contributed by atoms with Gasteiger partial charge in [-0.3, -0.25) is 4.79 Å². The van der Waals surface area contributed by atoms with E-state index in [1.807, 2.05) is 0 Å². The molecular weight excluding hydrogens is 475 g/mol. The Hall–Kier alpha value is -3.96. The standard InChI is InChI=1S/C23H19F5N4O3/c24-17-5-3-13(9-16(17)23(26,27)28)30-22(34)31-14-4-6-19(18(25)10-14)35-15-7-8-29-20(11-15)32-21(33)12-1-2-12/h3-8,10-12,16H,1-2,9H2,(H,29,32,33)(H2,30,31,34). The maximum absolute atomic E-state index is 14.5. The second-order valence-electron chi connectivity index (χ2n) is 8.01. The summed E-state index contributed by atoms with van der Waals surface area (Å²) >= 11 is 0. The van der Waals surface area contributed by atoms with E-state index in [9.17, 15) is 31.5 Å². The molecule has 1 aromatic heterocycles. The molecule has 0 radical (unpaired) electrons. The minimum absolute atomic E-state index is 0.00460. The van der Waals surface area contributed by atoms with E-state index in [2.05, 4.69) is 20.9 Å². The van der Waals surface area contributed by atoms with Gasteiger partial charge >= 0.3 is 12.2 Å². The minimum atomic E-state index is -4.80. The highest BCUT2D eigenvalue weighted by molar-refractivity contribution is 5.93. The van der Waals surface area contributed by atoms with E-state index in [1.54, 1.807) is 0 Å². The summed E-state index contributed by atoms with van der Waals surface area (Å²) in [5, 5.41) is 7.15. The van der Waals surface area contributed by atoms with Gasteiger partial charge in [0.25, 0.3) is 0 Å². The quantitative estimate of drug-likeness (QED) is 0.443. The van der Waals surface area contributed by atoms with Crippen LogP contribution in [0.15, 0.2) is 60.2 Å². The second kappa shape index (κ2) is 9.72. The molecule has 2 aliphatic carbocycles. The Labute approximate surface area is 196 Å². The number of amides is 3. The zero-order chi connectivity index (χ0) is 25.2. The van der Waals surface area contributed by atoms with Crippen molar-refractivity contribution in [2.75, 3.05) is 10.6 Å². The fraction of sp³-hybridized carbons (Fsp3) is 0.261. The lowest BCUT2D eigenvalue weighted by Crippen LogP contribution is -2.33. The largest absolute Gasteiger partial charge is 0.454 e. The van der Waals surface area contributed by atoms with Crippen LogP contribution in [0.25, 0.3) is 0 Å². The highest BCUT2D eigenvalue weighted by atomic mass is 19.4. The third kappa shape index (κ3) is 6.34. The molecule has 0 saturated heterocycles. The molecule has 1 fully saturated rings. The third-order valence-electron chi connectivity index (χ3n) is 5.22. The maximum Gasteiger partial charge on any atom is 0.398 e. The number of halogens is 5. The Bertz CT molecular complexity index is 1210. The van der Waals surface area contributed by atoms with Crippen LogP contribution in [0, 0.1) is 17.7 Å². The Morgan fingerprint density at radius 3 is 2.46 bits per heavy atom. The molecule has 184 valence electrons. The van der Waals surface area contributed by atoms with Crippen molar-refractivity contribution in [2.45, 2.75) is 25.4 Å². The molecule has 3 amide bonds. The van der Waals surface area contributed by atoms with Gasteiger partial charge in [-0.25, -0.2) is 18.6 Å². The first-order chi connectivity index (χ1) is 16.6. The molecule has 2 aromatic rings. The van der Waals surface area contributed by atoms with Crippen LogP contribution >= 0.6 is 0 Å². The summed E-state index contributed by atoms with van der Waals surface area (Å²) in [5.74, 6) is -4.38. The summed E-state index contributed by atoms with van der Waals surface area (Å²) in [4.78, 5) is 28.0. The number of aromatic nitrogens is 1. The van der Waals surface area contributed by atoms with Crippen LogP contribution in [0.4, 0.5) is 38.3 Å². The summed E-state index contributed by atoms with van der Waals surface area (Å²) in [6.45, 7) is 0. The van der Waals surface area contributed by atoms with Gasteiger partial charge < -0.3 is 20.7 Å². The van der Waals surface area contributed by atoms with E-state index in [0.29, 0.717) is 6.08 Å². The number of allylic oxidation sites excluding steroid dienone is 4. The molecule has 1 atom stereocenters. The minimum Gasteiger partial charge on any atom is -0.454 e. The Balaban J connectivity index is 1.35. The molecular formula is C23H19F5N4O3. The van der Waals surface area contributed by atoms with Crippen molar-refractivity contribution in [3.05, 3.63) is 66.0 Å². The molecule has 12 heteroatoms. The Morgan fingerprint density at radius 2 is 1.77 bits per heavy atom. The number of nitrogens with zero attached hydrogens (tertiary/aromatic N) is 1. The predicted octanol–water partition coefficient (Wildman–Crippen LogP) is 5.80. The van der Waals surface area contributed by atoms with Gasteiger partial charge in [0.2, 0.25) is 5.91 Å². The normalized spacial score (nSPS) is 17.7. The number of pyridine rings is 1. The number of urea groups is 1. The second-order valence-corrected chi connectivity index (χ2v) is 8.01. The van der Waals surface area contributed by atoms with Crippen LogP contribution in [-0.4, -0.2) is 23.1 Å². The average molecular weight is 494 g/mol. The SMILES string of the molecule is O=C(NC1=CC=C(F)C(C(F)(F)F)C1)Nc1ccc(Oc2ccnc(NC(=O)C3CC3)c2)c(F)c1. The topological polar surface area (TPSA) is 92.3 Å². The van der Waals surface area contributed by atoms with Gasteiger partial charge in [0.15, 0.2) is 11.6 Å². The molecule has 1 unspecified atom stereocenters. The first-order valence-corrected chi connectivity index (χ1v) is 10.5. The van der Waals surface area contributed by atoms with E-state index < -0.39 is 36.2 Å². The highest BCUT2D eigenvalue weighted by Crippen LogP contribution is 2.39. The predicted molar refractivity (Wildman–Crippen MR) is 116 cm³/mol. The van der Waals surface area contributed by atoms with Gasteiger partial charge in [0.05, 0.1) is 0 Å². The van der Waals surface area contributed by atoms with Crippen molar-refractivity contribution in [1.82, 2.24) is 10.3 Å². The lowest BCUT2D eigenvalue weighted by atomic mass is 9.96. The van der Waals surface area contributed by atoms with Crippen molar-refractivity contribution in [1.29, 1.82) is 0 Å². The number of anilines is 2. The number of carbonyl (C=O) groups is 2. The number of hydrogen-bond acceptors (Lipinski definition) is 4. The zero-order valence-corrected chi connectivity index (χ0v) is 18.0. The van der Waals surface area contributed by atoms with E-state index >= 15 is 0 Å². The van der Waals surface area contributed by atoms with E-state index in [1.165, 1.54) is 30.5 Å². The molecule has 0 aliphatic heterocycles. The first-order valence-electron chi connectivity index (χ1n) is 10.5. The summed E-state index contributed by atoms with van der Waals surface area (Å²) in [5.41, 5.74) is -0.140. The first kappa shape index (κ1) is 24.2. The summed E-state index contributed by atoms with van der Waals surface area (Å²) in [6.07, 6.45) is -0.846. The molecule has 4 rings (SSSR count). The van der Waals surface area contributed by atoms with Crippen molar-refractivity contribution < 1.29 is 36.3 Å². The van der Waals surface area contributed by atoms with Crippen LogP contribution in [0.3, 0.4) is 0 Å². The highest BCUT2D eigenvalue weighted by Gasteiger charge is 2.44. The van der Waals surface area contributed by atoms with Gasteiger partial charge in [-0.05, 0) is 43.2 Å². The third-order valence-corrected chi connectivity index (χ3v) is 5.22.